The van der Waals surface area contributed by atoms with E-state index in [0.29, 0.717) is 19.1 Å². The summed E-state index contributed by atoms with van der Waals surface area (Å²) in [7, 11) is 0. The maximum Gasteiger partial charge on any atom is 0.227 e. The fraction of sp³-hybridized carbons (Fsp3) is 0.444. The van der Waals surface area contributed by atoms with Crippen LogP contribution >= 0.6 is 0 Å². The summed E-state index contributed by atoms with van der Waals surface area (Å²) in [6.07, 6.45) is 4.36. The van der Waals surface area contributed by atoms with Crippen LogP contribution in [0.1, 0.15) is 56.6 Å². The number of nitrogens with zero attached hydrogens (tertiary/aromatic N) is 3. The average molecular weight is 447 g/mol. The fourth-order valence-corrected chi connectivity index (χ4v) is 4.20. The van der Waals surface area contributed by atoms with Crippen LogP contribution in [0.15, 0.2) is 54.6 Å². The average Bonchev–Trinajstić information content (AvgIpc) is 2.84. The molecule has 0 aliphatic carbocycles. The minimum Gasteiger partial charge on any atom is -0.352 e. The second-order valence-electron chi connectivity index (χ2n) is 8.70. The third kappa shape index (κ3) is 7.73. The lowest BCUT2D eigenvalue weighted by molar-refractivity contribution is -0.125. The minimum absolute atomic E-state index is 0.110. The van der Waals surface area contributed by atoms with Gasteiger partial charge in [-0.25, -0.2) is 0 Å². The van der Waals surface area contributed by atoms with Gasteiger partial charge in [-0.15, -0.1) is 0 Å². The van der Waals surface area contributed by atoms with Crippen LogP contribution in [-0.4, -0.2) is 35.8 Å². The van der Waals surface area contributed by atoms with Crippen molar-refractivity contribution in [3.8, 4) is 6.07 Å². The van der Waals surface area contributed by atoms with Crippen LogP contribution in [-0.2, 0) is 22.7 Å². The van der Waals surface area contributed by atoms with Gasteiger partial charge in [0, 0.05) is 44.2 Å². The molecule has 1 saturated heterocycles. The van der Waals surface area contributed by atoms with Crippen LogP contribution in [0, 0.1) is 11.3 Å². The maximum absolute atomic E-state index is 12.7. The summed E-state index contributed by atoms with van der Waals surface area (Å²) < 4.78 is 0. The molecule has 1 aliphatic heterocycles. The first-order valence-corrected chi connectivity index (χ1v) is 11.9. The number of anilines is 1. The van der Waals surface area contributed by atoms with Crippen LogP contribution in [0.2, 0.25) is 0 Å². The zero-order valence-corrected chi connectivity index (χ0v) is 19.5. The molecule has 33 heavy (non-hydrogen) atoms. The number of amides is 2. The van der Waals surface area contributed by atoms with Gasteiger partial charge in [-0.3, -0.25) is 14.5 Å². The van der Waals surface area contributed by atoms with E-state index >= 15 is 0 Å². The highest BCUT2D eigenvalue weighted by molar-refractivity contribution is 5.95. The van der Waals surface area contributed by atoms with Crippen molar-refractivity contribution in [2.24, 2.45) is 0 Å². The predicted octanol–water partition coefficient (Wildman–Crippen LogP) is 4.40. The fourth-order valence-electron chi connectivity index (χ4n) is 4.20. The van der Waals surface area contributed by atoms with E-state index in [-0.39, 0.29) is 31.1 Å². The first kappa shape index (κ1) is 24.5. The van der Waals surface area contributed by atoms with E-state index in [1.807, 2.05) is 30.3 Å². The molecule has 2 aromatic carbocycles. The van der Waals surface area contributed by atoms with Crippen LogP contribution in [0.5, 0.6) is 0 Å². The first-order valence-electron chi connectivity index (χ1n) is 11.9. The Kier molecular flexibility index (Phi) is 9.46. The van der Waals surface area contributed by atoms with Gasteiger partial charge >= 0.3 is 0 Å². The number of carbonyl (C=O) groups excluding carboxylic acids is 2. The normalized spacial score (nSPS) is 16.1. The van der Waals surface area contributed by atoms with E-state index in [9.17, 15) is 9.59 Å². The Hall–Kier alpha value is -3.17. The van der Waals surface area contributed by atoms with Crippen molar-refractivity contribution >= 4 is 17.5 Å². The Balaban J connectivity index is 1.43. The minimum atomic E-state index is -0.150. The summed E-state index contributed by atoms with van der Waals surface area (Å²) >= 11 is 0. The quantitative estimate of drug-likeness (QED) is 0.587. The van der Waals surface area contributed by atoms with E-state index in [1.165, 1.54) is 24.8 Å². The van der Waals surface area contributed by atoms with Crippen molar-refractivity contribution < 1.29 is 9.59 Å². The highest BCUT2D eigenvalue weighted by atomic mass is 16.2. The highest BCUT2D eigenvalue weighted by Gasteiger charge is 2.18. The number of likely N-dealkylation sites (tertiary alicyclic amines) is 1. The van der Waals surface area contributed by atoms with Gasteiger partial charge in [0.2, 0.25) is 11.8 Å². The van der Waals surface area contributed by atoms with Crippen LogP contribution < -0.4 is 10.2 Å². The molecular formula is C27H34N4O2. The van der Waals surface area contributed by atoms with Crippen molar-refractivity contribution in [1.29, 1.82) is 5.26 Å². The summed E-state index contributed by atoms with van der Waals surface area (Å²) in [4.78, 5) is 29.1. The zero-order valence-electron chi connectivity index (χ0n) is 19.5. The number of hydrogen-bond donors (Lipinski definition) is 1. The Morgan fingerprint density at radius 3 is 2.48 bits per heavy atom. The number of benzene rings is 2. The molecule has 1 aliphatic rings. The lowest BCUT2D eigenvalue weighted by atomic mass is 10.0. The number of para-hydroxylation sites is 1. The number of carbonyl (C=O) groups is 2. The second-order valence-corrected chi connectivity index (χ2v) is 8.70. The molecule has 2 aromatic rings. The highest BCUT2D eigenvalue weighted by Crippen LogP contribution is 2.19. The van der Waals surface area contributed by atoms with Gasteiger partial charge in [-0.1, -0.05) is 48.9 Å². The Morgan fingerprint density at radius 1 is 1.06 bits per heavy atom. The van der Waals surface area contributed by atoms with Gasteiger partial charge in [-0.05, 0) is 49.6 Å². The summed E-state index contributed by atoms with van der Waals surface area (Å²) in [5.41, 5.74) is 3.09. The lowest BCUT2D eigenvalue weighted by Crippen LogP contribution is -2.36. The third-order valence-electron chi connectivity index (χ3n) is 6.22. The molecule has 1 unspecified atom stereocenters. The Morgan fingerprint density at radius 2 is 1.79 bits per heavy atom. The number of hydrogen-bond acceptors (Lipinski definition) is 4. The van der Waals surface area contributed by atoms with Gasteiger partial charge in [-0.2, -0.15) is 5.26 Å². The number of nitrogens with one attached hydrogen (secondary N) is 1. The summed E-state index contributed by atoms with van der Waals surface area (Å²) in [5, 5.41) is 11.8. The predicted molar refractivity (Wildman–Crippen MR) is 130 cm³/mol. The topological polar surface area (TPSA) is 76.4 Å². The SMILES string of the molecule is CC1CCCCN1Cc1ccc(CNC(=O)CCC(=O)N(CCC#N)c2ccccc2)cc1. The lowest BCUT2D eigenvalue weighted by Gasteiger charge is -2.33. The van der Waals surface area contributed by atoms with Crippen LogP contribution in [0.3, 0.4) is 0 Å². The monoisotopic (exact) mass is 446 g/mol. The van der Waals surface area contributed by atoms with Gasteiger partial charge in [0.05, 0.1) is 12.5 Å². The van der Waals surface area contributed by atoms with Crippen molar-refractivity contribution in [1.82, 2.24) is 10.2 Å². The molecule has 0 aromatic heterocycles. The molecular weight excluding hydrogens is 412 g/mol. The van der Waals surface area contributed by atoms with E-state index < -0.39 is 0 Å². The van der Waals surface area contributed by atoms with Crippen molar-refractivity contribution in [2.75, 3.05) is 18.0 Å². The molecule has 1 N–H and O–H groups in total. The number of rotatable bonds is 10. The van der Waals surface area contributed by atoms with E-state index in [4.69, 9.17) is 5.26 Å². The van der Waals surface area contributed by atoms with Gasteiger partial charge in [0.1, 0.15) is 0 Å². The molecule has 0 bridgehead atoms. The van der Waals surface area contributed by atoms with Gasteiger partial charge < -0.3 is 10.2 Å². The molecule has 6 nitrogen and oxygen atoms in total. The van der Waals surface area contributed by atoms with Crippen molar-refractivity contribution in [2.45, 2.75) is 64.6 Å². The molecule has 1 atom stereocenters. The number of nitriles is 1. The summed E-state index contributed by atoms with van der Waals surface area (Å²) in [6, 6.07) is 20.4. The standard InChI is InChI=1S/C27H34N4O2/c1-22-8-5-6-18-30(22)21-24-13-11-23(12-14-24)20-29-26(32)15-16-27(33)31(19-7-17-28)25-9-3-2-4-10-25/h2-4,9-14,22H,5-8,15-16,18-21H2,1H3,(H,29,32). The Labute approximate surface area is 197 Å². The second kappa shape index (κ2) is 12.8. The van der Waals surface area contributed by atoms with Crippen LogP contribution in [0.25, 0.3) is 0 Å². The molecule has 3 rings (SSSR count). The zero-order chi connectivity index (χ0) is 23.5. The molecule has 174 valence electrons. The van der Waals surface area contributed by atoms with E-state index in [0.717, 1.165) is 24.3 Å². The van der Waals surface area contributed by atoms with Gasteiger partial charge in [0.15, 0.2) is 0 Å². The first-order chi connectivity index (χ1) is 16.1. The molecule has 1 fully saturated rings. The molecule has 0 spiro atoms. The summed E-state index contributed by atoms with van der Waals surface area (Å²) in [5.74, 6) is -0.300. The maximum atomic E-state index is 12.7. The Bertz CT molecular complexity index is 937. The van der Waals surface area contributed by atoms with Crippen molar-refractivity contribution in [3.63, 3.8) is 0 Å². The largest absolute Gasteiger partial charge is 0.352 e. The molecule has 2 amide bonds. The molecule has 6 heteroatoms. The smallest absolute Gasteiger partial charge is 0.227 e. The third-order valence-corrected chi connectivity index (χ3v) is 6.22. The molecule has 0 radical (unpaired) electrons. The molecule has 1 heterocycles. The molecule has 0 saturated carbocycles. The van der Waals surface area contributed by atoms with Crippen molar-refractivity contribution in [3.05, 3.63) is 65.7 Å². The number of piperidine rings is 1. The van der Waals surface area contributed by atoms with E-state index in [1.54, 1.807) is 4.90 Å². The summed E-state index contributed by atoms with van der Waals surface area (Å²) in [6.45, 7) is 5.21. The van der Waals surface area contributed by atoms with Gasteiger partial charge in [0.25, 0.3) is 0 Å². The van der Waals surface area contributed by atoms with Crippen LogP contribution in [0.4, 0.5) is 5.69 Å². The van der Waals surface area contributed by atoms with E-state index in [2.05, 4.69) is 47.5 Å².